The van der Waals surface area contributed by atoms with Gasteiger partial charge in [-0.1, -0.05) is 0 Å². The molecule has 3 heteroatoms. The van der Waals surface area contributed by atoms with E-state index in [1.807, 2.05) is 0 Å². The molecule has 0 saturated carbocycles. The predicted octanol–water partition coefficient (Wildman–Crippen LogP) is 0.307. The highest BCUT2D eigenvalue weighted by Gasteiger charge is 2.01. The molecule has 55 valence electrons. The summed E-state index contributed by atoms with van der Waals surface area (Å²) in [5, 5.41) is 17.0. The van der Waals surface area contributed by atoms with Crippen molar-refractivity contribution in [3.05, 3.63) is 6.61 Å². The number of rotatable bonds is 4. The molecular weight excluding hydrogens is 120 g/mol. The molecule has 0 aliphatic rings. The van der Waals surface area contributed by atoms with Gasteiger partial charge < -0.3 is 14.9 Å². The van der Waals surface area contributed by atoms with Crippen molar-refractivity contribution in [1.82, 2.24) is 0 Å². The first-order valence-electron chi connectivity index (χ1n) is 2.94. The summed E-state index contributed by atoms with van der Waals surface area (Å²) in [4.78, 5) is 0. The summed E-state index contributed by atoms with van der Waals surface area (Å²) in [6.07, 6.45) is -0.757. The minimum Gasteiger partial charge on any atom is -0.391 e. The van der Waals surface area contributed by atoms with E-state index < -0.39 is 6.10 Å². The Morgan fingerprint density at radius 2 is 2.11 bits per heavy atom. The number of ether oxygens (including phenoxy) is 1. The Labute approximate surface area is 55.3 Å². The third-order valence-electron chi connectivity index (χ3n) is 0.810. The normalized spacial score (nSPS) is 17.3. The Bertz CT molecular complexity index is 63.3. The van der Waals surface area contributed by atoms with Crippen LogP contribution in [0.3, 0.4) is 0 Å². The number of aliphatic hydroxyl groups excluding tert-OH is 2. The Balaban J connectivity index is 3.06. The summed E-state index contributed by atoms with van der Waals surface area (Å²) in [6, 6.07) is 0. The molecule has 0 aromatic heterocycles. The summed E-state index contributed by atoms with van der Waals surface area (Å²) in [5.41, 5.74) is 0. The molecule has 0 aromatic rings. The van der Waals surface area contributed by atoms with Crippen LogP contribution in [0.4, 0.5) is 0 Å². The fourth-order valence-corrected chi connectivity index (χ4v) is 0.334. The molecule has 9 heavy (non-hydrogen) atoms. The number of aliphatic hydroxyl groups is 2. The maximum Gasteiger partial charge on any atom is 0.108 e. The Kier molecular flexibility index (Phi) is 4.67. The standard InChI is InChI=1S/C6H13O3/c1-5(8)4-9-6(2)3-7/h3,5-8H,4H2,1-2H3. The van der Waals surface area contributed by atoms with Gasteiger partial charge in [-0.2, -0.15) is 0 Å². The van der Waals surface area contributed by atoms with Gasteiger partial charge in [-0.05, 0) is 13.8 Å². The van der Waals surface area contributed by atoms with E-state index in [-0.39, 0.29) is 12.7 Å². The van der Waals surface area contributed by atoms with E-state index in [9.17, 15) is 0 Å². The highest BCUT2D eigenvalue weighted by molar-refractivity contribution is 4.58. The average molecular weight is 133 g/mol. The average Bonchev–Trinajstić information content (AvgIpc) is 1.83. The van der Waals surface area contributed by atoms with Crippen molar-refractivity contribution in [2.45, 2.75) is 26.1 Å². The van der Waals surface area contributed by atoms with Crippen molar-refractivity contribution in [1.29, 1.82) is 0 Å². The Hall–Kier alpha value is -0.120. The van der Waals surface area contributed by atoms with Crippen LogP contribution in [-0.2, 0) is 4.74 Å². The molecule has 0 aliphatic heterocycles. The van der Waals surface area contributed by atoms with Gasteiger partial charge in [-0.3, -0.25) is 0 Å². The van der Waals surface area contributed by atoms with Crippen molar-refractivity contribution >= 4 is 0 Å². The van der Waals surface area contributed by atoms with Crippen LogP contribution < -0.4 is 0 Å². The topological polar surface area (TPSA) is 49.7 Å². The van der Waals surface area contributed by atoms with E-state index in [0.29, 0.717) is 0 Å². The molecule has 3 nitrogen and oxygen atoms in total. The van der Waals surface area contributed by atoms with E-state index in [1.54, 1.807) is 13.8 Å². The van der Waals surface area contributed by atoms with Gasteiger partial charge >= 0.3 is 0 Å². The van der Waals surface area contributed by atoms with Gasteiger partial charge in [0.05, 0.1) is 18.8 Å². The number of hydrogen-bond acceptors (Lipinski definition) is 3. The van der Waals surface area contributed by atoms with E-state index >= 15 is 0 Å². The molecule has 2 atom stereocenters. The lowest BCUT2D eigenvalue weighted by Gasteiger charge is -2.10. The first-order chi connectivity index (χ1) is 4.16. The summed E-state index contributed by atoms with van der Waals surface area (Å²) in [6.45, 7) is 4.53. The molecule has 1 radical (unpaired) electrons. The molecule has 0 bridgehead atoms. The van der Waals surface area contributed by atoms with Crippen LogP contribution in [0.15, 0.2) is 0 Å². The first kappa shape index (κ1) is 8.88. The molecule has 0 amide bonds. The van der Waals surface area contributed by atoms with Gasteiger partial charge in [-0.25, -0.2) is 0 Å². The lowest BCUT2D eigenvalue weighted by molar-refractivity contribution is 0.00195. The van der Waals surface area contributed by atoms with Gasteiger partial charge in [0.2, 0.25) is 0 Å². The molecule has 2 unspecified atom stereocenters. The molecule has 2 N–H and O–H groups in total. The highest BCUT2D eigenvalue weighted by atomic mass is 16.5. The second kappa shape index (κ2) is 4.73. The minimum absolute atomic E-state index is 0.262. The molecular formula is C6H13O3. The molecule has 0 heterocycles. The quantitative estimate of drug-likeness (QED) is 0.580. The van der Waals surface area contributed by atoms with E-state index in [4.69, 9.17) is 14.9 Å². The summed E-state index contributed by atoms with van der Waals surface area (Å²) in [5.74, 6) is 0. The Morgan fingerprint density at radius 3 is 2.44 bits per heavy atom. The largest absolute Gasteiger partial charge is 0.391 e. The van der Waals surface area contributed by atoms with Gasteiger partial charge in [0.1, 0.15) is 6.61 Å². The van der Waals surface area contributed by atoms with Crippen molar-refractivity contribution in [2.75, 3.05) is 6.61 Å². The predicted molar refractivity (Wildman–Crippen MR) is 33.3 cm³/mol. The van der Waals surface area contributed by atoms with E-state index in [2.05, 4.69) is 0 Å². The molecule has 0 rings (SSSR count). The zero-order chi connectivity index (χ0) is 7.28. The van der Waals surface area contributed by atoms with Crippen molar-refractivity contribution < 1.29 is 14.9 Å². The van der Waals surface area contributed by atoms with Gasteiger partial charge in [-0.15, -0.1) is 0 Å². The van der Waals surface area contributed by atoms with Crippen LogP contribution in [0.1, 0.15) is 13.8 Å². The lowest BCUT2D eigenvalue weighted by Crippen LogP contribution is -2.17. The van der Waals surface area contributed by atoms with Crippen LogP contribution in [0.25, 0.3) is 0 Å². The molecule has 0 fully saturated rings. The fourth-order valence-electron chi connectivity index (χ4n) is 0.334. The lowest BCUT2D eigenvalue weighted by atomic mass is 10.4. The molecule has 0 spiro atoms. The van der Waals surface area contributed by atoms with Crippen LogP contribution in [0.5, 0.6) is 0 Å². The highest BCUT2D eigenvalue weighted by Crippen LogP contribution is 1.93. The van der Waals surface area contributed by atoms with Crippen molar-refractivity contribution in [2.24, 2.45) is 0 Å². The third-order valence-corrected chi connectivity index (χ3v) is 0.810. The van der Waals surface area contributed by atoms with Crippen LogP contribution in [-0.4, -0.2) is 29.0 Å². The van der Waals surface area contributed by atoms with Gasteiger partial charge in [0, 0.05) is 0 Å². The van der Waals surface area contributed by atoms with E-state index in [1.165, 1.54) is 0 Å². The molecule has 0 saturated heterocycles. The Morgan fingerprint density at radius 1 is 1.56 bits per heavy atom. The van der Waals surface area contributed by atoms with Crippen molar-refractivity contribution in [3.63, 3.8) is 0 Å². The van der Waals surface area contributed by atoms with Gasteiger partial charge in [0.15, 0.2) is 0 Å². The SMILES string of the molecule is CC(O)COC(C)[CH]O. The second-order valence-corrected chi connectivity index (χ2v) is 2.04. The van der Waals surface area contributed by atoms with Crippen LogP contribution in [0.2, 0.25) is 0 Å². The first-order valence-corrected chi connectivity index (χ1v) is 2.94. The third kappa shape index (κ3) is 5.76. The fraction of sp³-hybridized carbons (Fsp3) is 0.833. The number of hydrogen-bond donors (Lipinski definition) is 2. The maximum atomic E-state index is 8.68. The zero-order valence-corrected chi connectivity index (χ0v) is 5.74. The molecule has 0 aliphatic carbocycles. The monoisotopic (exact) mass is 133 g/mol. The maximum absolute atomic E-state index is 8.68. The second-order valence-electron chi connectivity index (χ2n) is 2.04. The summed E-state index contributed by atoms with van der Waals surface area (Å²) < 4.78 is 4.90. The van der Waals surface area contributed by atoms with E-state index in [0.717, 1.165) is 6.61 Å². The minimum atomic E-state index is -0.465. The van der Waals surface area contributed by atoms with Crippen molar-refractivity contribution in [3.8, 4) is 0 Å². The van der Waals surface area contributed by atoms with Gasteiger partial charge in [0.25, 0.3) is 0 Å². The van der Waals surface area contributed by atoms with Crippen LogP contribution >= 0.6 is 0 Å². The van der Waals surface area contributed by atoms with Crippen LogP contribution in [0, 0.1) is 6.61 Å². The molecule has 0 aromatic carbocycles. The smallest absolute Gasteiger partial charge is 0.108 e. The zero-order valence-electron chi connectivity index (χ0n) is 5.74. The summed E-state index contributed by atoms with van der Waals surface area (Å²) in [7, 11) is 0. The summed E-state index contributed by atoms with van der Waals surface area (Å²) >= 11 is 0.